The number of aromatic nitrogens is 1. The molecule has 0 N–H and O–H groups in total. The standard InChI is InChI=1S/C60H40N2O/c1-2-17-42(18-3-1)47-21-4-5-22-48(47)49-23-6-7-24-50(49)51-25-8-12-29-56(51)61(46-37-38-55-54-28-11-15-32-59(54)63-60(55)40-46)44-35-33-41(34-36-44)43-19-16-20-45(39-43)62-57-30-13-9-26-52(57)53-27-10-14-31-58(53)62/h1-40H. The maximum atomic E-state index is 6.51. The Kier molecular flexibility index (Phi) is 8.83. The Morgan fingerprint density at radius 2 is 0.825 bits per heavy atom. The van der Waals surface area contributed by atoms with E-state index in [1.54, 1.807) is 0 Å². The first kappa shape index (κ1) is 36.5. The fraction of sp³-hybridized carbons (Fsp3) is 0. The topological polar surface area (TPSA) is 21.3 Å². The highest BCUT2D eigenvalue weighted by Crippen LogP contribution is 2.46. The van der Waals surface area contributed by atoms with Gasteiger partial charge in [0.1, 0.15) is 11.2 Å². The summed E-state index contributed by atoms with van der Waals surface area (Å²) in [6.45, 7) is 0. The molecule has 0 spiro atoms. The third-order valence-corrected chi connectivity index (χ3v) is 12.4. The van der Waals surface area contributed by atoms with Gasteiger partial charge in [-0.15, -0.1) is 0 Å². The zero-order valence-corrected chi connectivity index (χ0v) is 34.4. The zero-order chi connectivity index (χ0) is 41.7. The number of nitrogens with zero attached hydrogens (tertiary/aromatic N) is 2. The van der Waals surface area contributed by atoms with Crippen molar-refractivity contribution in [2.45, 2.75) is 0 Å². The van der Waals surface area contributed by atoms with E-state index >= 15 is 0 Å². The first-order valence-corrected chi connectivity index (χ1v) is 21.5. The summed E-state index contributed by atoms with van der Waals surface area (Å²) in [5.41, 5.74) is 17.7. The van der Waals surface area contributed by atoms with E-state index < -0.39 is 0 Å². The second-order valence-corrected chi connectivity index (χ2v) is 16.1. The largest absolute Gasteiger partial charge is 0.456 e. The summed E-state index contributed by atoms with van der Waals surface area (Å²) in [5.74, 6) is 0. The van der Waals surface area contributed by atoms with Crippen LogP contribution in [0.5, 0.6) is 0 Å². The van der Waals surface area contributed by atoms with Crippen LogP contribution >= 0.6 is 0 Å². The van der Waals surface area contributed by atoms with E-state index in [-0.39, 0.29) is 0 Å². The van der Waals surface area contributed by atoms with Gasteiger partial charge in [0.25, 0.3) is 0 Å². The number of anilines is 3. The summed E-state index contributed by atoms with van der Waals surface area (Å²) in [4.78, 5) is 2.38. The van der Waals surface area contributed by atoms with Crippen LogP contribution in [-0.2, 0) is 0 Å². The summed E-state index contributed by atoms with van der Waals surface area (Å²) in [6.07, 6.45) is 0. The Morgan fingerprint density at radius 3 is 1.56 bits per heavy atom. The van der Waals surface area contributed by atoms with Crippen molar-refractivity contribution in [1.82, 2.24) is 4.57 Å². The molecule has 0 unspecified atom stereocenters. The second-order valence-electron chi connectivity index (χ2n) is 16.1. The van der Waals surface area contributed by atoms with Crippen LogP contribution in [-0.4, -0.2) is 4.57 Å². The maximum absolute atomic E-state index is 6.51. The maximum Gasteiger partial charge on any atom is 0.137 e. The second kappa shape index (κ2) is 15.3. The van der Waals surface area contributed by atoms with Crippen LogP contribution < -0.4 is 4.90 Å². The van der Waals surface area contributed by atoms with E-state index in [0.717, 1.165) is 66.9 Å². The molecule has 0 saturated heterocycles. The monoisotopic (exact) mass is 804 g/mol. The lowest BCUT2D eigenvalue weighted by atomic mass is 9.88. The summed E-state index contributed by atoms with van der Waals surface area (Å²) in [6, 6.07) is 87.1. The Labute approximate surface area is 366 Å². The smallest absolute Gasteiger partial charge is 0.137 e. The SMILES string of the molecule is c1ccc(-c2ccccc2-c2ccccc2-c2ccccc2N(c2ccc(-c3cccc(-n4c5ccccc5c5ccccc54)c3)cc2)c2ccc3c(c2)oc2ccccc23)cc1. The van der Waals surface area contributed by atoms with Gasteiger partial charge in [-0.2, -0.15) is 0 Å². The molecule has 12 aromatic rings. The molecule has 0 aliphatic heterocycles. The van der Waals surface area contributed by atoms with Crippen molar-refractivity contribution >= 4 is 60.8 Å². The minimum Gasteiger partial charge on any atom is -0.456 e. The molecule has 0 fully saturated rings. The minimum atomic E-state index is 0.854. The summed E-state index contributed by atoms with van der Waals surface area (Å²) in [7, 11) is 0. The predicted octanol–water partition coefficient (Wildman–Crippen LogP) is 16.8. The highest BCUT2D eigenvalue weighted by atomic mass is 16.3. The van der Waals surface area contributed by atoms with E-state index in [0.29, 0.717) is 0 Å². The molecule has 0 atom stereocenters. The lowest BCUT2D eigenvalue weighted by Crippen LogP contribution is -2.11. The minimum absolute atomic E-state index is 0.854. The van der Waals surface area contributed by atoms with Crippen LogP contribution in [0.25, 0.3) is 93.9 Å². The molecule has 0 aliphatic carbocycles. The quantitative estimate of drug-likeness (QED) is 0.153. The van der Waals surface area contributed by atoms with E-state index in [1.165, 1.54) is 44.1 Å². The van der Waals surface area contributed by atoms with Crippen LogP contribution in [0.2, 0.25) is 0 Å². The number of hydrogen-bond acceptors (Lipinski definition) is 2. The normalized spacial score (nSPS) is 11.5. The molecule has 0 saturated carbocycles. The first-order valence-electron chi connectivity index (χ1n) is 21.5. The van der Waals surface area contributed by atoms with Crippen LogP contribution in [0, 0.1) is 0 Å². The van der Waals surface area contributed by atoms with Gasteiger partial charge in [-0.05, 0) is 99.6 Å². The van der Waals surface area contributed by atoms with Gasteiger partial charge in [0.15, 0.2) is 0 Å². The molecular formula is C60H40N2O. The fourth-order valence-electron chi connectivity index (χ4n) is 9.55. The van der Waals surface area contributed by atoms with Crippen molar-refractivity contribution in [2.24, 2.45) is 0 Å². The molecule has 0 radical (unpaired) electrons. The van der Waals surface area contributed by atoms with Gasteiger partial charge in [-0.3, -0.25) is 0 Å². The first-order chi connectivity index (χ1) is 31.3. The van der Waals surface area contributed by atoms with Gasteiger partial charge < -0.3 is 13.9 Å². The Morgan fingerprint density at radius 1 is 0.302 bits per heavy atom. The van der Waals surface area contributed by atoms with E-state index in [4.69, 9.17) is 4.42 Å². The van der Waals surface area contributed by atoms with E-state index in [1.807, 2.05) is 12.1 Å². The zero-order valence-electron chi connectivity index (χ0n) is 34.4. The highest BCUT2D eigenvalue weighted by molar-refractivity contribution is 6.09. The Balaban J connectivity index is 1.00. The van der Waals surface area contributed by atoms with Crippen LogP contribution in [0.1, 0.15) is 0 Å². The third kappa shape index (κ3) is 6.29. The average Bonchev–Trinajstić information content (AvgIpc) is 3.90. The molecule has 10 aromatic carbocycles. The van der Waals surface area contributed by atoms with Crippen molar-refractivity contribution in [3.8, 4) is 50.2 Å². The van der Waals surface area contributed by atoms with Gasteiger partial charge in [0.2, 0.25) is 0 Å². The molecule has 3 heteroatoms. The van der Waals surface area contributed by atoms with Gasteiger partial charge >= 0.3 is 0 Å². The van der Waals surface area contributed by atoms with Gasteiger partial charge in [0, 0.05) is 50.2 Å². The highest BCUT2D eigenvalue weighted by Gasteiger charge is 2.22. The van der Waals surface area contributed by atoms with Crippen LogP contribution in [0.3, 0.4) is 0 Å². The number of rotatable bonds is 8. The molecule has 296 valence electrons. The molecule has 0 bridgehead atoms. The predicted molar refractivity (Wildman–Crippen MR) is 264 cm³/mol. The van der Waals surface area contributed by atoms with Crippen molar-refractivity contribution < 1.29 is 4.42 Å². The molecule has 63 heavy (non-hydrogen) atoms. The van der Waals surface area contributed by atoms with Crippen LogP contribution in [0.15, 0.2) is 247 Å². The summed E-state index contributed by atoms with van der Waals surface area (Å²) >= 11 is 0. The molecule has 3 nitrogen and oxygen atoms in total. The number of hydrogen-bond donors (Lipinski definition) is 0. The Bertz CT molecular complexity index is 3580. The fourth-order valence-corrected chi connectivity index (χ4v) is 9.55. The summed E-state index contributed by atoms with van der Waals surface area (Å²) < 4.78 is 8.89. The Hall–Kier alpha value is -8.40. The number of fused-ring (bicyclic) bond motifs is 6. The molecule has 0 aliphatic rings. The summed E-state index contributed by atoms with van der Waals surface area (Å²) in [5, 5.41) is 4.73. The van der Waals surface area contributed by atoms with Crippen molar-refractivity contribution in [3.05, 3.63) is 243 Å². The molecule has 2 heterocycles. The van der Waals surface area contributed by atoms with Crippen molar-refractivity contribution in [3.63, 3.8) is 0 Å². The number of para-hydroxylation sites is 4. The van der Waals surface area contributed by atoms with Gasteiger partial charge in [0.05, 0.1) is 16.7 Å². The number of benzene rings is 10. The molecular weight excluding hydrogens is 765 g/mol. The average molecular weight is 805 g/mol. The molecule has 0 amide bonds. The molecule has 2 aromatic heterocycles. The third-order valence-electron chi connectivity index (χ3n) is 12.4. The van der Waals surface area contributed by atoms with Gasteiger partial charge in [-0.25, -0.2) is 0 Å². The van der Waals surface area contributed by atoms with Gasteiger partial charge in [-0.1, -0.05) is 176 Å². The van der Waals surface area contributed by atoms with Crippen molar-refractivity contribution in [1.29, 1.82) is 0 Å². The van der Waals surface area contributed by atoms with Crippen LogP contribution in [0.4, 0.5) is 17.1 Å². The van der Waals surface area contributed by atoms with E-state index in [9.17, 15) is 0 Å². The number of furan rings is 1. The molecule has 12 rings (SSSR count). The lowest BCUT2D eigenvalue weighted by molar-refractivity contribution is 0.669. The van der Waals surface area contributed by atoms with E-state index in [2.05, 4.69) is 240 Å². The van der Waals surface area contributed by atoms with Crippen molar-refractivity contribution in [2.75, 3.05) is 4.90 Å². The lowest BCUT2D eigenvalue weighted by Gasteiger charge is -2.28.